The molecule has 2 aromatic carbocycles. The summed E-state index contributed by atoms with van der Waals surface area (Å²) in [6.07, 6.45) is 0. The number of nitrogens with zero attached hydrogens (tertiary/aromatic N) is 3. The van der Waals surface area contributed by atoms with E-state index in [1.807, 2.05) is 24.3 Å². The largest absolute Gasteiger partial charge is 0.296 e. The third kappa shape index (κ3) is 2.52. The first-order valence-corrected chi connectivity index (χ1v) is 6.58. The zero-order valence-corrected chi connectivity index (χ0v) is 11.5. The third-order valence-electron chi connectivity index (χ3n) is 3.22. The Labute approximate surface area is 125 Å². The number of nitrogens with one attached hydrogen (secondary N) is 1. The molecule has 1 amide bonds. The molecule has 22 heavy (non-hydrogen) atoms. The molecule has 1 heterocycles. The average Bonchev–Trinajstić information content (AvgIpc) is 2.86. The third-order valence-corrected chi connectivity index (χ3v) is 3.22. The van der Waals surface area contributed by atoms with E-state index in [1.54, 1.807) is 10.6 Å². The first kappa shape index (κ1) is 13.8. The Hall–Kier alpha value is -3.20. The lowest BCUT2D eigenvalue weighted by Crippen LogP contribution is -2.16. The lowest BCUT2D eigenvalue weighted by molar-refractivity contribution is 0.102. The summed E-state index contributed by atoms with van der Waals surface area (Å²) >= 11 is 0. The fourth-order valence-corrected chi connectivity index (χ4v) is 2.18. The first-order valence-electron chi connectivity index (χ1n) is 6.58. The van der Waals surface area contributed by atoms with Crippen molar-refractivity contribution in [2.75, 3.05) is 5.32 Å². The van der Waals surface area contributed by atoms with Gasteiger partial charge < -0.3 is 0 Å². The molecular formula is C16H11FN4O. The van der Waals surface area contributed by atoms with E-state index in [2.05, 4.69) is 10.3 Å². The number of carbonyl (C=O) groups excluding carboxylic acids is 1. The molecule has 3 aromatic rings. The highest BCUT2D eigenvalue weighted by atomic mass is 19.1. The molecule has 0 saturated heterocycles. The van der Waals surface area contributed by atoms with Gasteiger partial charge >= 0.3 is 0 Å². The van der Waals surface area contributed by atoms with Gasteiger partial charge in [-0.25, -0.2) is 9.37 Å². The zero-order valence-electron chi connectivity index (χ0n) is 11.5. The van der Waals surface area contributed by atoms with Crippen LogP contribution in [-0.2, 0) is 6.54 Å². The Morgan fingerprint density at radius 1 is 1.23 bits per heavy atom. The van der Waals surface area contributed by atoms with Crippen molar-refractivity contribution in [2.45, 2.75) is 6.54 Å². The van der Waals surface area contributed by atoms with Crippen molar-refractivity contribution < 1.29 is 9.18 Å². The number of benzene rings is 2. The smallest absolute Gasteiger partial charge is 0.257 e. The maximum Gasteiger partial charge on any atom is 0.257 e. The van der Waals surface area contributed by atoms with Crippen LogP contribution in [0.4, 0.5) is 10.3 Å². The predicted octanol–water partition coefficient (Wildman–Crippen LogP) is 2.95. The van der Waals surface area contributed by atoms with E-state index in [4.69, 9.17) is 5.26 Å². The number of imidazole rings is 1. The predicted molar refractivity (Wildman–Crippen MR) is 79.7 cm³/mol. The summed E-state index contributed by atoms with van der Waals surface area (Å²) in [5.74, 6) is -0.528. The van der Waals surface area contributed by atoms with Crippen molar-refractivity contribution in [1.29, 1.82) is 5.26 Å². The lowest BCUT2D eigenvalue weighted by Gasteiger charge is -2.06. The van der Waals surface area contributed by atoms with E-state index >= 15 is 0 Å². The number of carbonyl (C=O) groups is 1. The van der Waals surface area contributed by atoms with Gasteiger partial charge in [0, 0.05) is 5.56 Å². The molecule has 0 aliphatic carbocycles. The molecule has 6 heteroatoms. The zero-order chi connectivity index (χ0) is 15.5. The Kier molecular flexibility index (Phi) is 3.54. The number of halogens is 1. The number of rotatable bonds is 3. The van der Waals surface area contributed by atoms with Crippen LogP contribution in [0.3, 0.4) is 0 Å². The van der Waals surface area contributed by atoms with Gasteiger partial charge in [-0.15, -0.1) is 0 Å². The molecule has 1 N–H and O–H groups in total. The van der Waals surface area contributed by atoms with E-state index in [0.29, 0.717) is 11.1 Å². The lowest BCUT2D eigenvalue weighted by atomic mass is 10.2. The number of aromatic nitrogens is 2. The monoisotopic (exact) mass is 294 g/mol. The molecule has 0 radical (unpaired) electrons. The highest BCUT2D eigenvalue weighted by Crippen LogP contribution is 2.19. The SMILES string of the molecule is N#CCn1c(NC(=O)c2ccc(F)cc2)nc2ccccc21. The molecule has 0 aliphatic heterocycles. The Balaban J connectivity index is 1.96. The molecule has 0 atom stereocenters. The van der Waals surface area contributed by atoms with Gasteiger partial charge in [-0.05, 0) is 36.4 Å². The number of amides is 1. The second kappa shape index (κ2) is 5.66. The summed E-state index contributed by atoms with van der Waals surface area (Å²) < 4.78 is 14.5. The van der Waals surface area contributed by atoms with Crippen LogP contribution in [-0.4, -0.2) is 15.5 Å². The molecule has 108 valence electrons. The molecule has 1 aromatic heterocycles. The minimum Gasteiger partial charge on any atom is -0.296 e. The second-order valence-electron chi connectivity index (χ2n) is 4.63. The van der Waals surface area contributed by atoms with Gasteiger partial charge in [-0.2, -0.15) is 5.26 Å². The molecule has 3 rings (SSSR count). The van der Waals surface area contributed by atoms with E-state index < -0.39 is 11.7 Å². The average molecular weight is 294 g/mol. The molecular weight excluding hydrogens is 283 g/mol. The molecule has 0 aliphatic rings. The normalized spacial score (nSPS) is 10.4. The van der Waals surface area contributed by atoms with Gasteiger partial charge in [0.05, 0.1) is 17.1 Å². The number of nitriles is 1. The van der Waals surface area contributed by atoms with Gasteiger partial charge in [-0.1, -0.05) is 12.1 Å². The molecule has 0 unspecified atom stereocenters. The molecule has 0 fully saturated rings. The number of fused-ring (bicyclic) bond motifs is 1. The van der Waals surface area contributed by atoms with Crippen LogP contribution in [0.1, 0.15) is 10.4 Å². The maximum atomic E-state index is 12.9. The summed E-state index contributed by atoms with van der Waals surface area (Å²) in [6.45, 7) is 0.0690. The summed E-state index contributed by atoms with van der Waals surface area (Å²) in [7, 11) is 0. The van der Waals surface area contributed by atoms with Crippen LogP contribution in [0.2, 0.25) is 0 Å². The quantitative estimate of drug-likeness (QED) is 0.807. The minimum atomic E-state index is -0.409. The van der Waals surface area contributed by atoms with Gasteiger partial charge in [0.15, 0.2) is 0 Å². The van der Waals surface area contributed by atoms with Crippen LogP contribution in [0.15, 0.2) is 48.5 Å². The fraction of sp³-hybridized carbons (Fsp3) is 0.0625. The number of para-hydroxylation sites is 2. The van der Waals surface area contributed by atoms with Crippen molar-refractivity contribution in [3.8, 4) is 6.07 Å². The molecule has 0 saturated carbocycles. The molecule has 0 bridgehead atoms. The van der Waals surface area contributed by atoms with E-state index in [1.165, 1.54) is 24.3 Å². The number of anilines is 1. The van der Waals surface area contributed by atoms with Crippen molar-refractivity contribution in [3.05, 3.63) is 59.9 Å². The van der Waals surface area contributed by atoms with Crippen LogP contribution in [0.5, 0.6) is 0 Å². The summed E-state index contributed by atoms with van der Waals surface area (Å²) in [4.78, 5) is 16.5. The fourth-order valence-electron chi connectivity index (χ4n) is 2.18. The Bertz CT molecular complexity index is 877. The number of hydrogen-bond donors (Lipinski definition) is 1. The van der Waals surface area contributed by atoms with Crippen LogP contribution in [0.25, 0.3) is 11.0 Å². The molecule has 0 spiro atoms. The van der Waals surface area contributed by atoms with Crippen molar-refractivity contribution >= 4 is 22.9 Å². The van der Waals surface area contributed by atoms with Gasteiger partial charge in [0.25, 0.3) is 5.91 Å². The first-order chi connectivity index (χ1) is 10.7. The Morgan fingerprint density at radius 3 is 2.68 bits per heavy atom. The Morgan fingerprint density at radius 2 is 1.95 bits per heavy atom. The van der Waals surface area contributed by atoms with Crippen LogP contribution < -0.4 is 5.32 Å². The van der Waals surface area contributed by atoms with E-state index in [-0.39, 0.29) is 12.5 Å². The highest BCUT2D eigenvalue weighted by Gasteiger charge is 2.14. The number of hydrogen-bond acceptors (Lipinski definition) is 3. The van der Waals surface area contributed by atoms with Crippen LogP contribution in [0, 0.1) is 17.1 Å². The van der Waals surface area contributed by atoms with Crippen LogP contribution >= 0.6 is 0 Å². The van der Waals surface area contributed by atoms with E-state index in [9.17, 15) is 9.18 Å². The van der Waals surface area contributed by atoms with Gasteiger partial charge in [-0.3, -0.25) is 14.7 Å². The minimum absolute atomic E-state index is 0.0690. The maximum absolute atomic E-state index is 12.9. The van der Waals surface area contributed by atoms with Crippen molar-refractivity contribution in [1.82, 2.24) is 9.55 Å². The van der Waals surface area contributed by atoms with Crippen molar-refractivity contribution in [2.24, 2.45) is 0 Å². The summed E-state index contributed by atoms with van der Waals surface area (Å²) in [5, 5.41) is 11.6. The van der Waals surface area contributed by atoms with Gasteiger partial charge in [0.1, 0.15) is 12.4 Å². The van der Waals surface area contributed by atoms with Gasteiger partial charge in [0.2, 0.25) is 5.95 Å². The highest BCUT2D eigenvalue weighted by molar-refractivity contribution is 6.04. The van der Waals surface area contributed by atoms with E-state index in [0.717, 1.165) is 5.52 Å². The van der Waals surface area contributed by atoms with Crippen molar-refractivity contribution in [3.63, 3.8) is 0 Å². The topological polar surface area (TPSA) is 70.7 Å². The summed E-state index contributed by atoms with van der Waals surface area (Å²) in [6, 6.07) is 14.6. The standard InChI is InChI=1S/C16H11FN4O/c17-12-7-5-11(6-8-12)15(22)20-16-19-13-3-1-2-4-14(13)21(16)10-9-18/h1-8H,10H2,(H,19,20,22). The second-order valence-corrected chi connectivity index (χ2v) is 4.63. The molecule has 5 nitrogen and oxygen atoms in total. The summed E-state index contributed by atoms with van der Waals surface area (Å²) in [5.41, 5.74) is 1.77.